The molecule has 24 heavy (non-hydrogen) atoms. The molecule has 1 amide bonds. The highest BCUT2D eigenvalue weighted by Gasteiger charge is 2.17. The van der Waals surface area contributed by atoms with E-state index in [0.29, 0.717) is 21.5 Å². The Balaban J connectivity index is 1.81. The minimum atomic E-state index is -0.833. The number of benzene rings is 2. The summed E-state index contributed by atoms with van der Waals surface area (Å²) >= 11 is 11.7. The number of halogens is 2. The monoisotopic (exact) mass is 367 g/mol. The summed E-state index contributed by atoms with van der Waals surface area (Å²) < 4.78 is 10.3. The second kappa shape index (κ2) is 8.57. The Bertz CT molecular complexity index is 702. The summed E-state index contributed by atoms with van der Waals surface area (Å²) in [4.78, 5) is 23.6. The van der Waals surface area contributed by atoms with Gasteiger partial charge in [-0.3, -0.25) is 4.79 Å². The Morgan fingerprint density at radius 2 is 1.71 bits per heavy atom. The molecule has 7 heteroatoms. The first-order valence-corrected chi connectivity index (χ1v) is 7.84. The molecule has 5 nitrogen and oxygen atoms in total. The quantitative estimate of drug-likeness (QED) is 0.785. The summed E-state index contributed by atoms with van der Waals surface area (Å²) in [5, 5.41) is 3.32. The van der Waals surface area contributed by atoms with Gasteiger partial charge in [0.1, 0.15) is 5.75 Å². The van der Waals surface area contributed by atoms with E-state index >= 15 is 0 Å². The third-order valence-electron chi connectivity index (χ3n) is 2.88. The Labute approximate surface area is 149 Å². The predicted octanol–water partition coefficient (Wildman–Crippen LogP) is 3.94. The van der Waals surface area contributed by atoms with Crippen molar-refractivity contribution in [3.05, 3.63) is 58.6 Å². The first kappa shape index (κ1) is 18.1. The Hall–Kier alpha value is -2.24. The molecule has 0 saturated carbocycles. The van der Waals surface area contributed by atoms with Gasteiger partial charge < -0.3 is 14.8 Å². The molecule has 126 valence electrons. The van der Waals surface area contributed by atoms with Gasteiger partial charge in [-0.25, -0.2) is 4.79 Å². The van der Waals surface area contributed by atoms with E-state index in [1.807, 2.05) is 6.07 Å². The number of rotatable bonds is 6. The van der Waals surface area contributed by atoms with Crippen molar-refractivity contribution >= 4 is 40.8 Å². The molecule has 2 aromatic rings. The number of hydrogen-bond donors (Lipinski definition) is 1. The van der Waals surface area contributed by atoms with Crippen molar-refractivity contribution in [3.63, 3.8) is 0 Å². The summed E-state index contributed by atoms with van der Waals surface area (Å²) in [6.45, 7) is 1.11. The molecule has 0 aliphatic rings. The van der Waals surface area contributed by atoms with Gasteiger partial charge in [0, 0.05) is 15.7 Å². The number of nitrogens with one attached hydrogen (secondary N) is 1. The standard InChI is InChI=1S/C17H15Cl2NO4/c1-11(24-15-5-3-2-4-6-15)17(22)23-10-16(21)20-14-8-12(18)7-13(19)9-14/h2-9,11H,10H2,1H3,(H,20,21)/t11-/m0/s1. The molecule has 0 aliphatic carbocycles. The van der Waals surface area contributed by atoms with Crippen molar-refractivity contribution in [2.24, 2.45) is 0 Å². The number of carbonyl (C=O) groups is 2. The summed E-state index contributed by atoms with van der Waals surface area (Å²) in [6, 6.07) is 13.5. The molecule has 0 fully saturated rings. The van der Waals surface area contributed by atoms with Crippen LogP contribution < -0.4 is 10.1 Å². The molecule has 0 radical (unpaired) electrons. The van der Waals surface area contributed by atoms with Gasteiger partial charge in [-0.1, -0.05) is 41.4 Å². The number of amides is 1. The highest BCUT2D eigenvalue weighted by Crippen LogP contribution is 2.22. The van der Waals surface area contributed by atoms with E-state index in [1.54, 1.807) is 37.3 Å². The fourth-order valence-electron chi connectivity index (χ4n) is 1.83. The lowest BCUT2D eigenvalue weighted by molar-refractivity contribution is -0.153. The summed E-state index contributed by atoms with van der Waals surface area (Å²) in [7, 11) is 0. The molecule has 1 N–H and O–H groups in total. The lowest BCUT2D eigenvalue weighted by atomic mass is 10.3. The Morgan fingerprint density at radius 3 is 2.33 bits per heavy atom. The molecule has 0 saturated heterocycles. The van der Waals surface area contributed by atoms with E-state index in [0.717, 1.165) is 0 Å². The minimum absolute atomic E-state index is 0.389. The minimum Gasteiger partial charge on any atom is -0.479 e. The fourth-order valence-corrected chi connectivity index (χ4v) is 2.35. The second-order valence-corrected chi connectivity index (χ2v) is 5.76. The smallest absolute Gasteiger partial charge is 0.347 e. The number of anilines is 1. The van der Waals surface area contributed by atoms with E-state index in [2.05, 4.69) is 5.32 Å². The topological polar surface area (TPSA) is 64.6 Å². The maximum absolute atomic E-state index is 11.8. The fraction of sp³-hybridized carbons (Fsp3) is 0.176. The molecule has 0 spiro atoms. The van der Waals surface area contributed by atoms with E-state index in [-0.39, 0.29) is 0 Å². The van der Waals surface area contributed by atoms with Gasteiger partial charge in [0.05, 0.1) is 0 Å². The van der Waals surface area contributed by atoms with E-state index < -0.39 is 24.6 Å². The zero-order valence-electron chi connectivity index (χ0n) is 12.8. The van der Waals surface area contributed by atoms with Crippen molar-refractivity contribution in [1.29, 1.82) is 0 Å². The third kappa shape index (κ3) is 5.76. The van der Waals surface area contributed by atoms with E-state index in [1.165, 1.54) is 12.1 Å². The van der Waals surface area contributed by atoms with Gasteiger partial charge in [0.15, 0.2) is 12.7 Å². The van der Waals surface area contributed by atoms with Crippen LogP contribution in [0.2, 0.25) is 10.0 Å². The van der Waals surface area contributed by atoms with Crippen LogP contribution in [0.25, 0.3) is 0 Å². The lowest BCUT2D eigenvalue weighted by Crippen LogP contribution is -2.29. The zero-order chi connectivity index (χ0) is 17.5. The summed E-state index contributed by atoms with van der Waals surface area (Å²) in [6.07, 6.45) is -0.833. The molecule has 2 rings (SSSR count). The number of esters is 1. The average Bonchev–Trinajstić information content (AvgIpc) is 2.52. The molecular weight excluding hydrogens is 353 g/mol. The second-order valence-electron chi connectivity index (χ2n) is 4.89. The van der Waals surface area contributed by atoms with Crippen LogP contribution in [0.3, 0.4) is 0 Å². The maximum Gasteiger partial charge on any atom is 0.347 e. The van der Waals surface area contributed by atoms with Crippen LogP contribution in [0.4, 0.5) is 5.69 Å². The van der Waals surface area contributed by atoms with Crippen LogP contribution in [0, 0.1) is 0 Å². The van der Waals surface area contributed by atoms with Crippen molar-refractivity contribution in [3.8, 4) is 5.75 Å². The number of carbonyl (C=O) groups excluding carboxylic acids is 2. The number of para-hydroxylation sites is 1. The molecule has 0 aliphatic heterocycles. The van der Waals surface area contributed by atoms with Crippen LogP contribution >= 0.6 is 23.2 Å². The SMILES string of the molecule is C[C@H](Oc1ccccc1)C(=O)OCC(=O)Nc1cc(Cl)cc(Cl)c1. The van der Waals surface area contributed by atoms with Gasteiger partial charge in [0.25, 0.3) is 5.91 Å². The normalized spacial score (nSPS) is 11.5. The predicted molar refractivity (Wildman–Crippen MR) is 92.6 cm³/mol. The highest BCUT2D eigenvalue weighted by atomic mass is 35.5. The number of hydrogen-bond acceptors (Lipinski definition) is 4. The summed E-state index contributed by atoms with van der Waals surface area (Å²) in [5.41, 5.74) is 0.419. The third-order valence-corrected chi connectivity index (χ3v) is 3.32. The van der Waals surface area contributed by atoms with Gasteiger partial charge in [-0.15, -0.1) is 0 Å². The van der Waals surface area contributed by atoms with Gasteiger partial charge in [-0.2, -0.15) is 0 Å². The Morgan fingerprint density at radius 1 is 1.08 bits per heavy atom. The zero-order valence-corrected chi connectivity index (χ0v) is 14.3. The average molecular weight is 368 g/mol. The van der Waals surface area contributed by atoms with Crippen molar-refractivity contribution in [1.82, 2.24) is 0 Å². The van der Waals surface area contributed by atoms with Crippen LogP contribution in [0.15, 0.2) is 48.5 Å². The molecule has 0 heterocycles. The summed E-state index contributed by atoms with van der Waals surface area (Å²) in [5.74, 6) is -0.605. The highest BCUT2D eigenvalue weighted by molar-refractivity contribution is 6.35. The van der Waals surface area contributed by atoms with Gasteiger partial charge in [-0.05, 0) is 37.3 Å². The Kier molecular flexibility index (Phi) is 6.46. The van der Waals surface area contributed by atoms with Crippen LogP contribution in [0.1, 0.15) is 6.92 Å². The molecule has 0 aromatic heterocycles. The van der Waals surface area contributed by atoms with Gasteiger partial charge >= 0.3 is 5.97 Å². The van der Waals surface area contributed by atoms with Crippen molar-refractivity contribution in [2.75, 3.05) is 11.9 Å². The van der Waals surface area contributed by atoms with Gasteiger partial charge in [0.2, 0.25) is 0 Å². The van der Waals surface area contributed by atoms with Crippen molar-refractivity contribution in [2.45, 2.75) is 13.0 Å². The molecule has 2 aromatic carbocycles. The molecule has 0 unspecified atom stereocenters. The first-order valence-electron chi connectivity index (χ1n) is 7.08. The van der Waals surface area contributed by atoms with Crippen LogP contribution in [0.5, 0.6) is 5.75 Å². The van der Waals surface area contributed by atoms with Crippen LogP contribution in [-0.2, 0) is 14.3 Å². The lowest BCUT2D eigenvalue weighted by Gasteiger charge is -2.14. The molecular formula is C17H15Cl2NO4. The van der Waals surface area contributed by atoms with E-state index in [4.69, 9.17) is 32.7 Å². The molecule has 0 bridgehead atoms. The van der Waals surface area contributed by atoms with E-state index in [9.17, 15) is 9.59 Å². The first-order chi connectivity index (χ1) is 11.4. The maximum atomic E-state index is 11.8. The van der Waals surface area contributed by atoms with Crippen LogP contribution in [-0.4, -0.2) is 24.6 Å². The number of ether oxygens (including phenoxy) is 2. The molecule has 1 atom stereocenters. The largest absolute Gasteiger partial charge is 0.479 e. The van der Waals surface area contributed by atoms with Crippen molar-refractivity contribution < 1.29 is 19.1 Å².